The summed E-state index contributed by atoms with van der Waals surface area (Å²) in [5.41, 5.74) is 1.19. The average Bonchev–Trinajstić information content (AvgIpc) is 3.10. The molecule has 2 atom stereocenters. The molecule has 1 saturated heterocycles. The molecule has 8 heteroatoms. The normalized spacial score (nSPS) is 19.5. The molecular formula is C18H27N2O5P. The number of rotatable bonds is 9. The number of nitrogens with zero attached hydrogens (tertiary/aromatic N) is 2. The molecule has 1 aromatic rings. The number of likely N-dealkylation sites (tertiary alicyclic amines) is 1. The molecule has 1 unspecified atom stereocenters. The molecule has 144 valence electrons. The Labute approximate surface area is 154 Å². The number of aliphatic carboxylic acids is 1. The van der Waals surface area contributed by atoms with Crippen LogP contribution in [0.25, 0.3) is 0 Å². The summed E-state index contributed by atoms with van der Waals surface area (Å²) in [6.07, 6.45) is 3.42. The van der Waals surface area contributed by atoms with Gasteiger partial charge in [-0.3, -0.25) is 9.36 Å². The third kappa shape index (κ3) is 5.66. The maximum absolute atomic E-state index is 12.5. The fourth-order valence-electron chi connectivity index (χ4n) is 3.18. The van der Waals surface area contributed by atoms with Crippen molar-refractivity contribution < 1.29 is 24.2 Å². The number of carbonyl (C=O) groups is 2. The molecular weight excluding hydrogens is 355 g/mol. The standard InChI is InChI=1S/C18H27N2O5P/c1-19(14-17(21)20-12-7-11-16(20)18(22)23)26(24,25)13-6-5-10-15-8-3-2-4-9-15/h2-4,8-9,16H,5-7,10-14H2,1H3,(H,22,23)(H,24,25)/t16-/m0/s1. The van der Waals surface area contributed by atoms with Crippen LogP contribution >= 0.6 is 7.52 Å². The van der Waals surface area contributed by atoms with Crippen LogP contribution in [0.5, 0.6) is 0 Å². The number of amides is 1. The van der Waals surface area contributed by atoms with Crippen LogP contribution in [0.15, 0.2) is 30.3 Å². The summed E-state index contributed by atoms with van der Waals surface area (Å²) in [7, 11) is -2.16. The highest BCUT2D eigenvalue weighted by Crippen LogP contribution is 2.44. The fraction of sp³-hybridized carbons (Fsp3) is 0.556. The van der Waals surface area contributed by atoms with E-state index in [1.807, 2.05) is 30.3 Å². The van der Waals surface area contributed by atoms with Crippen LogP contribution in [0, 0.1) is 0 Å². The van der Waals surface area contributed by atoms with Gasteiger partial charge in [-0.2, -0.15) is 0 Å². The van der Waals surface area contributed by atoms with Crippen molar-refractivity contribution in [3.63, 3.8) is 0 Å². The van der Waals surface area contributed by atoms with Crippen LogP contribution in [0.2, 0.25) is 0 Å². The molecule has 0 aliphatic carbocycles. The Morgan fingerprint density at radius 3 is 2.62 bits per heavy atom. The number of carboxylic acids is 1. The number of carboxylic acid groups (broad SMARTS) is 1. The topological polar surface area (TPSA) is 98.2 Å². The first-order valence-corrected chi connectivity index (χ1v) is 10.7. The van der Waals surface area contributed by atoms with Gasteiger partial charge in [-0.15, -0.1) is 0 Å². The first-order chi connectivity index (χ1) is 12.3. The van der Waals surface area contributed by atoms with Crippen molar-refractivity contribution in [3.8, 4) is 0 Å². The molecule has 7 nitrogen and oxygen atoms in total. The van der Waals surface area contributed by atoms with Crippen molar-refractivity contribution in [3.05, 3.63) is 35.9 Å². The van der Waals surface area contributed by atoms with Gasteiger partial charge in [0, 0.05) is 12.7 Å². The minimum Gasteiger partial charge on any atom is -0.480 e. The predicted molar refractivity (Wildman–Crippen MR) is 99.1 cm³/mol. The average molecular weight is 382 g/mol. The molecule has 1 aromatic carbocycles. The number of hydrogen-bond donors (Lipinski definition) is 2. The SMILES string of the molecule is CN(CC(=O)N1CCC[C@H]1C(=O)O)P(=O)(O)CCCCc1ccccc1. The highest BCUT2D eigenvalue weighted by Gasteiger charge is 2.36. The van der Waals surface area contributed by atoms with Gasteiger partial charge in [0.05, 0.1) is 6.54 Å². The lowest BCUT2D eigenvalue weighted by molar-refractivity contribution is -0.148. The van der Waals surface area contributed by atoms with Crippen molar-refractivity contribution >= 4 is 19.4 Å². The highest BCUT2D eigenvalue weighted by molar-refractivity contribution is 7.55. The highest BCUT2D eigenvalue weighted by atomic mass is 31.2. The number of aryl methyl sites for hydroxylation is 1. The summed E-state index contributed by atoms with van der Waals surface area (Å²) in [4.78, 5) is 35.0. The summed E-state index contributed by atoms with van der Waals surface area (Å²) in [6.45, 7) is 0.146. The molecule has 0 spiro atoms. The minimum absolute atomic E-state index is 0.117. The third-order valence-electron chi connectivity index (χ3n) is 4.76. The molecule has 0 aromatic heterocycles. The number of benzene rings is 1. The number of hydrogen-bond acceptors (Lipinski definition) is 3. The van der Waals surface area contributed by atoms with Gasteiger partial charge in [-0.05, 0) is 44.7 Å². The second kappa shape index (κ2) is 9.31. The molecule has 0 radical (unpaired) electrons. The second-order valence-electron chi connectivity index (χ2n) is 6.73. The van der Waals surface area contributed by atoms with E-state index in [1.165, 1.54) is 22.2 Å². The van der Waals surface area contributed by atoms with Crippen LogP contribution in [0.4, 0.5) is 0 Å². The Kier molecular flexibility index (Phi) is 7.38. The molecule has 0 bridgehead atoms. The molecule has 1 heterocycles. The quantitative estimate of drug-likeness (QED) is 0.502. The number of unbranched alkanes of at least 4 members (excludes halogenated alkanes) is 1. The third-order valence-corrected chi connectivity index (χ3v) is 6.87. The van der Waals surface area contributed by atoms with E-state index in [0.717, 1.165) is 12.8 Å². The first kappa shape index (κ1) is 20.6. The van der Waals surface area contributed by atoms with E-state index in [4.69, 9.17) is 5.11 Å². The molecule has 2 rings (SSSR count). The largest absolute Gasteiger partial charge is 0.480 e. The summed E-state index contributed by atoms with van der Waals surface area (Å²) >= 11 is 0. The summed E-state index contributed by atoms with van der Waals surface area (Å²) in [6, 6.07) is 9.12. The van der Waals surface area contributed by atoms with Crippen molar-refractivity contribution in [2.24, 2.45) is 0 Å². The number of likely N-dealkylation sites (N-methyl/N-ethyl adjacent to an activating group) is 1. The van der Waals surface area contributed by atoms with Crippen LogP contribution in [0.3, 0.4) is 0 Å². The van der Waals surface area contributed by atoms with Gasteiger partial charge in [0.15, 0.2) is 0 Å². The van der Waals surface area contributed by atoms with E-state index < -0.39 is 25.4 Å². The predicted octanol–water partition coefficient (Wildman–Crippen LogP) is 2.20. The van der Waals surface area contributed by atoms with Gasteiger partial charge in [0.2, 0.25) is 5.91 Å². The summed E-state index contributed by atoms with van der Waals surface area (Å²) < 4.78 is 13.7. The van der Waals surface area contributed by atoms with Gasteiger partial charge in [0.25, 0.3) is 7.52 Å². The van der Waals surface area contributed by atoms with E-state index in [-0.39, 0.29) is 12.7 Å². The molecule has 1 aliphatic heterocycles. The van der Waals surface area contributed by atoms with Gasteiger partial charge >= 0.3 is 5.97 Å². The van der Waals surface area contributed by atoms with Crippen molar-refractivity contribution in [1.82, 2.24) is 9.57 Å². The van der Waals surface area contributed by atoms with Gasteiger partial charge in [-0.25, -0.2) is 9.46 Å². The summed E-state index contributed by atoms with van der Waals surface area (Å²) in [5, 5.41) is 9.15. The molecule has 1 fully saturated rings. The van der Waals surface area contributed by atoms with Crippen LogP contribution in [0.1, 0.15) is 31.2 Å². The summed E-state index contributed by atoms with van der Waals surface area (Å²) in [5.74, 6) is -1.43. The zero-order valence-electron chi connectivity index (χ0n) is 15.1. The smallest absolute Gasteiger partial charge is 0.326 e. The Bertz CT molecular complexity index is 667. The van der Waals surface area contributed by atoms with E-state index in [0.29, 0.717) is 25.8 Å². The molecule has 2 N–H and O–H groups in total. The minimum atomic E-state index is -3.60. The Morgan fingerprint density at radius 2 is 1.96 bits per heavy atom. The van der Waals surface area contributed by atoms with Crippen molar-refractivity contribution in [2.45, 2.75) is 38.1 Å². The van der Waals surface area contributed by atoms with Gasteiger partial charge < -0.3 is 14.9 Å². The van der Waals surface area contributed by atoms with E-state index >= 15 is 0 Å². The molecule has 0 saturated carbocycles. The lowest BCUT2D eigenvalue weighted by atomic mass is 10.1. The zero-order valence-corrected chi connectivity index (χ0v) is 16.0. The van der Waals surface area contributed by atoms with Gasteiger partial charge in [0.1, 0.15) is 6.04 Å². The molecule has 1 aliphatic rings. The lowest BCUT2D eigenvalue weighted by Gasteiger charge is -2.27. The first-order valence-electron chi connectivity index (χ1n) is 8.91. The van der Waals surface area contributed by atoms with Crippen molar-refractivity contribution in [1.29, 1.82) is 0 Å². The zero-order chi connectivity index (χ0) is 19.2. The van der Waals surface area contributed by atoms with Crippen LogP contribution in [-0.2, 0) is 20.6 Å². The Morgan fingerprint density at radius 1 is 1.27 bits per heavy atom. The maximum atomic E-state index is 12.5. The lowest BCUT2D eigenvalue weighted by Crippen LogP contribution is -2.44. The second-order valence-corrected chi connectivity index (χ2v) is 9.19. The Hall–Kier alpha value is -1.69. The monoisotopic (exact) mass is 382 g/mol. The maximum Gasteiger partial charge on any atom is 0.326 e. The number of carbonyl (C=O) groups excluding carboxylic acids is 1. The molecule has 26 heavy (non-hydrogen) atoms. The van der Waals surface area contributed by atoms with E-state index in [1.54, 1.807) is 0 Å². The van der Waals surface area contributed by atoms with E-state index in [9.17, 15) is 19.0 Å². The fourth-order valence-corrected chi connectivity index (χ4v) is 4.50. The molecule has 1 amide bonds. The van der Waals surface area contributed by atoms with E-state index in [2.05, 4.69) is 0 Å². The van der Waals surface area contributed by atoms with Crippen molar-refractivity contribution in [2.75, 3.05) is 26.3 Å². The van der Waals surface area contributed by atoms with Gasteiger partial charge in [-0.1, -0.05) is 30.3 Å². The van der Waals surface area contributed by atoms with Crippen LogP contribution < -0.4 is 0 Å². The van der Waals surface area contributed by atoms with Crippen LogP contribution in [-0.4, -0.2) is 63.8 Å². The Balaban J connectivity index is 1.79.